The lowest BCUT2D eigenvalue weighted by Crippen LogP contribution is -2.41. The van der Waals surface area contributed by atoms with Crippen LogP contribution in [0.5, 0.6) is 0 Å². The number of likely N-dealkylation sites (tertiary alicyclic amines) is 1. The molecular formula is C18H30FIN4. The van der Waals surface area contributed by atoms with Gasteiger partial charge in [0.25, 0.3) is 0 Å². The summed E-state index contributed by atoms with van der Waals surface area (Å²) in [6, 6.07) is 6.50. The number of hydrogen-bond acceptors (Lipinski definition) is 2. The first-order chi connectivity index (χ1) is 11.2. The predicted molar refractivity (Wildman–Crippen MR) is 109 cm³/mol. The molecule has 1 aromatic rings. The number of aliphatic imine (C=N–C) groups is 1. The maximum atomic E-state index is 12.9. The molecule has 4 nitrogen and oxygen atoms in total. The molecular weight excluding hydrogens is 418 g/mol. The van der Waals surface area contributed by atoms with Gasteiger partial charge in [-0.1, -0.05) is 19.1 Å². The molecule has 1 heterocycles. The highest BCUT2D eigenvalue weighted by atomic mass is 127. The molecule has 0 aromatic heterocycles. The summed E-state index contributed by atoms with van der Waals surface area (Å²) < 4.78 is 12.9. The van der Waals surface area contributed by atoms with Crippen LogP contribution in [0.15, 0.2) is 29.3 Å². The van der Waals surface area contributed by atoms with E-state index in [0.29, 0.717) is 12.5 Å². The van der Waals surface area contributed by atoms with Gasteiger partial charge in [0, 0.05) is 19.6 Å². The predicted octanol–water partition coefficient (Wildman–Crippen LogP) is 3.23. The van der Waals surface area contributed by atoms with Crippen molar-refractivity contribution in [1.29, 1.82) is 0 Å². The van der Waals surface area contributed by atoms with E-state index in [2.05, 4.69) is 34.4 Å². The highest BCUT2D eigenvalue weighted by molar-refractivity contribution is 14.0. The first-order valence-corrected chi connectivity index (χ1v) is 8.66. The Balaban J connectivity index is 0.00000288. The van der Waals surface area contributed by atoms with Crippen molar-refractivity contribution in [3.05, 3.63) is 35.6 Å². The lowest BCUT2D eigenvalue weighted by molar-refractivity contribution is 0.287. The molecule has 1 saturated heterocycles. The Morgan fingerprint density at radius 3 is 2.50 bits per heavy atom. The zero-order chi connectivity index (χ0) is 16.5. The van der Waals surface area contributed by atoms with Gasteiger partial charge in [-0.3, -0.25) is 0 Å². The van der Waals surface area contributed by atoms with Crippen molar-refractivity contribution in [3.8, 4) is 0 Å². The van der Waals surface area contributed by atoms with Crippen LogP contribution >= 0.6 is 24.0 Å². The van der Waals surface area contributed by atoms with Gasteiger partial charge in [-0.05, 0) is 56.5 Å². The molecule has 0 saturated carbocycles. The quantitative estimate of drug-likeness (QED) is 0.382. The van der Waals surface area contributed by atoms with Gasteiger partial charge >= 0.3 is 0 Å². The molecule has 1 fully saturated rings. The number of nitrogens with zero attached hydrogens (tertiary/aromatic N) is 2. The van der Waals surface area contributed by atoms with E-state index in [4.69, 9.17) is 0 Å². The Morgan fingerprint density at radius 1 is 1.21 bits per heavy atom. The second kappa shape index (κ2) is 11.6. The van der Waals surface area contributed by atoms with E-state index >= 15 is 0 Å². The normalized spacial score (nSPS) is 16.5. The summed E-state index contributed by atoms with van der Waals surface area (Å²) in [5.74, 6) is 1.20. The van der Waals surface area contributed by atoms with Crippen LogP contribution in [0.3, 0.4) is 0 Å². The van der Waals surface area contributed by atoms with Crippen LogP contribution in [-0.2, 0) is 6.54 Å². The highest BCUT2D eigenvalue weighted by Gasteiger charge is 2.14. The fourth-order valence-corrected chi connectivity index (χ4v) is 2.84. The van der Waals surface area contributed by atoms with Crippen molar-refractivity contribution >= 4 is 29.9 Å². The second-order valence-corrected chi connectivity index (χ2v) is 6.32. The molecule has 0 bridgehead atoms. The number of benzene rings is 1. The maximum Gasteiger partial charge on any atom is 0.191 e. The van der Waals surface area contributed by atoms with Crippen molar-refractivity contribution in [2.45, 2.75) is 33.2 Å². The van der Waals surface area contributed by atoms with Crippen LogP contribution in [0.1, 0.15) is 32.3 Å². The molecule has 0 radical (unpaired) electrons. The molecule has 6 heteroatoms. The van der Waals surface area contributed by atoms with E-state index in [-0.39, 0.29) is 29.8 Å². The summed E-state index contributed by atoms with van der Waals surface area (Å²) in [5.41, 5.74) is 1.01. The average Bonchev–Trinajstić information content (AvgIpc) is 3.04. The Labute approximate surface area is 162 Å². The van der Waals surface area contributed by atoms with Gasteiger partial charge in [0.1, 0.15) is 5.82 Å². The molecule has 1 atom stereocenters. The third kappa shape index (κ3) is 7.79. The molecule has 1 aromatic carbocycles. The van der Waals surface area contributed by atoms with Gasteiger partial charge in [0.2, 0.25) is 0 Å². The standard InChI is InChI=1S/C18H29FN4.HI/c1-3-20-18(22-13-16-6-8-17(19)9-7-16)21-12-15(2)14-23-10-4-5-11-23;/h6-9,15H,3-5,10-14H2,1-2H3,(H2,20,21,22);1H. The second-order valence-electron chi connectivity index (χ2n) is 6.32. The van der Waals surface area contributed by atoms with E-state index < -0.39 is 0 Å². The summed E-state index contributed by atoms with van der Waals surface area (Å²) in [7, 11) is 0. The van der Waals surface area contributed by atoms with Crippen LogP contribution in [0, 0.1) is 11.7 Å². The summed E-state index contributed by atoms with van der Waals surface area (Å²) in [4.78, 5) is 7.11. The number of halogens is 2. The number of guanidine groups is 1. The topological polar surface area (TPSA) is 39.7 Å². The van der Waals surface area contributed by atoms with Gasteiger partial charge in [-0.25, -0.2) is 9.38 Å². The zero-order valence-corrected chi connectivity index (χ0v) is 17.1. The molecule has 2 rings (SSSR count). The molecule has 1 unspecified atom stereocenters. The van der Waals surface area contributed by atoms with Crippen LogP contribution in [-0.4, -0.2) is 43.6 Å². The highest BCUT2D eigenvalue weighted by Crippen LogP contribution is 2.09. The zero-order valence-electron chi connectivity index (χ0n) is 14.7. The van der Waals surface area contributed by atoms with E-state index in [9.17, 15) is 4.39 Å². The molecule has 2 N–H and O–H groups in total. The van der Waals surface area contributed by atoms with Gasteiger partial charge in [-0.2, -0.15) is 0 Å². The van der Waals surface area contributed by atoms with Crippen LogP contribution in [0.2, 0.25) is 0 Å². The molecule has 136 valence electrons. The minimum absolute atomic E-state index is 0. The van der Waals surface area contributed by atoms with Crippen molar-refractivity contribution in [3.63, 3.8) is 0 Å². The smallest absolute Gasteiger partial charge is 0.191 e. The molecule has 0 spiro atoms. The fraction of sp³-hybridized carbons (Fsp3) is 0.611. The number of hydrogen-bond donors (Lipinski definition) is 2. The first kappa shape index (κ1) is 21.2. The molecule has 0 amide bonds. The Morgan fingerprint density at radius 2 is 1.88 bits per heavy atom. The fourth-order valence-electron chi connectivity index (χ4n) is 2.84. The van der Waals surface area contributed by atoms with Gasteiger partial charge in [0.15, 0.2) is 5.96 Å². The summed E-state index contributed by atoms with van der Waals surface area (Å²) >= 11 is 0. The SMILES string of the molecule is CCNC(=NCc1ccc(F)cc1)NCC(C)CN1CCCC1.I. The molecule has 0 aliphatic carbocycles. The van der Waals surface area contributed by atoms with Crippen molar-refractivity contribution in [2.24, 2.45) is 10.9 Å². The Bertz CT molecular complexity index is 486. The van der Waals surface area contributed by atoms with E-state index in [1.165, 1.54) is 38.1 Å². The van der Waals surface area contributed by atoms with Crippen molar-refractivity contribution in [2.75, 3.05) is 32.7 Å². The number of rotatable bonds is 7. The Hall–Kier alpha value is -0.890. The van der Waals surface area contributed by atoms with Gasteiger partial charge < -0.3 is 15.5 Å². The van der Waals surface area contributed by atoms with Gasteiger partial charge in [-0.15, -0.1) is 24.0 Å². The third-order valence-corrected chi connectivity index (χ3v) is 4.06. The van der Waals surface area contributed by atoms with E-state index in [0.717, 1.165) is 31.2 Å². The van der Waals surface area contributed by atoms with E-state index in [1.54, 1.807) is 12.1 Å². The average molecular weight is 448 g/mol. The number of nitrogens with one attached hydrogen (secondary N) is 2. The summed E-state index contributed by atoms with van der Waals surface area (Å²) in [5, 5.41) is 6.68. The summed E-state index contributed by atoms with van der Waals surface area (Å²) in [6.45, 7) is 10.2. The first-order valence-electron chi connectivity index (χ1n) is 8.66. The van der Waals surface area contributed by atoms with E-state index in [1.807, 2.05) is 0 Å². The van der Waals surface area contributed by atoms with Crippen LogP contribution in [0.4, 0.5) is 4.39 Å². The Kier molecular flexibility index (Phi) is 10.2. The van der Waals surface area contributed by atoms with Gasteiger partial charge in [0.05, 0.1) is 6.54 Å². The molecule has 24 heavy (non-hydrogen) atoms. The lowest BCUT2D eigenvalue weighted by atomic mass is 10.1. The van der Waals surface area contributed by atoms with Crippen LogP contribution < -0.4 is 10.6 Å². The monoisotopic (exact) mass is 448 g/mol. The summed E-state index contributed by atoms with van der Waals surface area (Å²) in [6.07, 6.45) is 2.67. The lowest BCUT2D eigenvalue weighted by Gasteiger charge is -2.21. The minimum Gasteiger partial charge on any atom is -0.357 e. The molecule has 1 aliphatic rings. The largest absolute Gasteiger partial charge is 0.357 e. The third-order valence-electron chi connectivity index (χ3n) is 4.06. The molecule has 1 aliphatic heterocycles. The minimum atomic E-state index is -0.210. The van der Waals surface area contributed by atoms with Crippen LogP contribution in [0.25, 0.3) is 0 Å². The maximum absolute atomic E-state index is 12.9. The van der Waals surface area contributed by atoms with Crippen molar-refractivity contribution < 1.29 is 4.39 Å². The van der Waals surface area contributed by atoms with Crippen molar-refractivity contribution in [1.82, 2.24) is 15.5 Å².